The number of phenols is 2. The third-order valence-electron chi connectivity index (χ3n) is 8.71. The van der Waals surface area contributed by atoms with Gasteiger partial charge in [0.1, 0.15) is 11.5 Å². The summed E-state index contributed by atoms with van der Waals surface area (Å²) >= 11 is 0. The van der Waals surface area contributed by atoms with E-state index >= 15 is 0 Å². The second kappa shape index (κ2) is 15.4. The van der Waals surface area contributed by atoms with E-state index in [1.165, 1.54) is 4.90 Å². The lowest BCUT2D eigenvalue weighted by Gasteiger charge is -2.39. The normalized spacial score (nSPS) is 13.7. The smallest absolute Gasteiger partial charge is 0.312 e. The number of esters is 2. The Kier molecular flexibility index (Phi) is 13.0. The fourth-order valence-corrected chi connectivity index (χ4v) is 6.12. The Bertz CT molecular complexity index is 1410. The molecule has 0 aromatic heterocycles. The molecule has 0 heterocycles. The predicted octanol–water partition coefficient (Wildman–Crippen LogP) is 7.29. The van der Waals surface area contributed by atoms with Gasteiger partial charge in [-0.05, 0) is 93.2 Å². The van der Waals surface area contributed by atoms with Crippen LogP contribution in [0.1, 0.15) is 155 Å². The first-order valence-corrected chi connectivity index (χ1v) is 17.4. The van der Waals surface area contributed by atoms with Gasteiger partial charge in [-0.25, -0.2) is 0 Å². The molecule has 2 amide bonds. The van der Waals surface area contributed by atoms with E-state index in [9.17, 15) is 29.4 Å². The number of carbonyl (C=O) groups is 4. The van der Waals surface area contributed by atoms with Crippen molar-refractivity contribution in [3.63, 3.8) is 0 Å². The minimum Gasteiger partial charge on any atom is -0.507 e. The number of ether oxygens (including phenoxy) is 2. The van der Waals surface area contributed by atoms with Gasteiger partial charge in [0.05, 0.1) is 38.1 Å². The summed E-state index contributed by atoms with van der Waals surface area (Å²) in [5.41, 5.74) is 6.62. The summed E-state index contributed by atoms with van der Waals surface area (Å²) in [6, 6.07) is 4.57. The Morgan fingerprint density at radius 3 is 1.06 bits per heavy atom. The van der Waals surface area contributed by atoms with E-state index < -0.39 is 57.5 Å². The molecule has 0 fully saturated rings. The molecule has 50 heavy (non-hydrogen) atoms. The van der Waals surface area contributed by atoms with Crippen LogP contribution in [0.3, 0.4) is 0 Å². The Morgan fingerprint density at radius 2 is 0.860 bits per heavy atom. The maximum absolute atomic E-state index is 14.3. The van der Waals surface area contributed by atoms with Crippen molar-refractivity contribution in [2.45, 2.75) is 144 Å². The average Bonchev–Trinajstić information content (AvgIpc) is 2.94. The van der Waals surface area contributed by atoms with Crippen molar-refractivity contribution in [1.82, 2.24) is 4.90 Å². The van der Waals surface area contributed by atoms with Crippen molar-refractivity contribution < 1.29 is 38.9 Å². The number of aromatic hydroxyl groups is 2. The highest BCUT2D eigenvalue weighted by atomic mass is 16.5. The highest BCUT2D eigenvalue weighted by molar-refractivity contribution is 6.34. The molecule has 0 saturated carbocycles. The zero-order chi connectivity index (χ0) is 38.7. The van der Waals surface area contributed by atoms with Gasteiger partial charge >= 0.3 is 23.8 Å². The van der Waals surface area contributed by atoms with Crippen molar-refractivity contribution >= 4 is 23.8 Å². The summed E-state index contributed by atoms with van der Waals surface area (Å²) in [7, 11) is 0. The van der Waals surface area contributed by atoms with Gasteiger partial charge in [0, 0.05) is 0 Å². The van der Waals surface area contributed by atoms with Crippen LogP contribution in [-0.4, -0.2) is 52.1 Å². The second-order valence-corrected chi connectivity index (χ2v) is 17.1. The first kappa shape index (κ1) is 42.1. The topological polar surface area (TPSA) is 156 Å². The fraction of sp³-hybridized carbons (Fsp3) is 0.600. The van der Waals surface area contributed by atoms with Crippen molar-refractivity contribution in [3.05, 3.63) is 57.6 Å². The number of carbonyl (C=O) groups excluding carboxylic acids is 4. The average molecular weight is 697 g/mol. The summed E-state index contributed by atoms with van der Waals surface area (Å²) in [5.74, 6) is -3.53. The van der Waals surface area contributed by atoms with Crippen molar-refractivity contribution in [3.8, 4) is 11.5 Å². The van der Waals surface area contributed by atoms with E-state index in [0.717, 1.165) is 0 Å². The fourth-order valence-electron chi connectivity index (χ4n) is 6.12. The molecular weight excluding hydrogens is 636 g/mol. The molecule has 0 bridgehead atoms. The minimum absolute atomic E-state index is 0.0689. The minimum atomic E-state index is -1.29. The van der Waals surface area contributed by atoms with Crippen LogP contribution in [0.2, 0.25) is 0 Å². The lowest BCUT2D eigenvalue weighted by atomic mass is 9.76. The Labute approximate surface area is 298 Å². The molecule has 0 aliphatic heterocycles. The number of nitrogens with two attached hydrogens (primary N) is 1. The predicted molar refractivity (Wildman–Crippen MR) is 195 cm³/mol. The number of hydrogen-bond acceptors (Lipinski definition) is 8. The lowest BCUT2D eigenvalue weighted by Crippen LogP contribution is -2.46. The van der Waals surface area contributed by atoms with Crippen LogP contribution in [0.5, 0.6) is 11.5 Å². The molecule has 0 radical (unpaired) electrons. The lowest BCUT2D eigenvalue weighted by molar-refractivity contribution is -0.154. The van der Waals surface area contributed by atoms with E-state index in [1.54, 1.807) is 38.1 Å². The number of primary amides is 1. The molecule has 2 aromatic rings. The largest absolute Gasteiger partial charge is 0.507 e. The van der Waals surface area contributed by atoms with Gasteiger partial charge < -0.3 is 30.3 Å². The van der Waals surface area contributed by atoms with Crippen LogP contribution < -0.4 is 5.73 Å². The van der Waals surface area contributed by atoms with Crippen LogP contribution >= 0.6 is 0 Å². The summed E-state index contributed by atoms with van der Waals surface area (Å²) in [4.78, 5) is 55.2. The van der Waals surface area contributed by atoms with Crippen LogP contribution in [0.4, 0.5) is 0 Å². The first-order valence-electron chi connectivity index (χ1n) is 17.4. The zero-order valence-corrected chi connectivity index (χ0v) is 32.7. The molecule has 4 N–H and O–H groups in total. The molecule has 2 aromatic carbocycles. The Hall–Kier alpha value is -4.08. The zero-order valence-electron chi connectivity index (χ0n) is 32.7. The molecule has 2 atom stereocenters. The Balaban J connectivity index is 3.26. The van der Waals surface area contributed by atoms with E-state index in [4.69, 9.17) is 15.2 Å². The molecule has 0 saturated heterocycles. The number of nitrogens with zero attached hydrogens (tertiary/aromatic N) is 1. The van der Waals surface area contributed by atoms with Crippen LogP contribution in [0, 0.1) is 0 Å². The molecular formula is C40H60N2O8. The monoisotopic (exact) mass is 696 g/mol. The molecule has 278 valence electrons. The number of benzene rings is 2. The third-order valence-corrected chi connectivity index (χ3v) is 8.71. The van der Waals surface area contributed by atoms with Crippen molar-refractivity contribution in [2.24, 2.45) is 5.73 Å². The van der Waals surface area contributed by atoms with Crippen molar-refractivity contribution in [1.29, 1.82) is 0 Å². The van der Waals surface area contributed by atoms with Gasteiger partial charge in [-0.1, -0.05) is 83.1 Å². The number of rotatable bonds is 10. The van der Waals surface area contributed by atoms with Crippen LogP contribution in [0.15, 0.2) is 24.3 Å². The van der Waals surface area contributed by atoms with Gasteiger partial charge in [-0.2, -0.15) is 0 Å². The van der Waals surface area contributed by atoms with Crippen LogP contribution in [0.25, 0.3) is 0 Å². The van der Waals surface area contributed by atoms with Crippen molar-refractivity contribution in [2.75, 3.05) is 13.2 Å². The number of amides is 2. The van der Waals surface area contributed by atoms with Gasteiger partial charge in [0.2, 0.25) is 0 Å². The molecule has 2 unspecified atom stereocenters. The molecule has 0 spiro atoms. The van der Waals surface area contributed by atoms with Gasteiger partial charge in [0.15, 0.2) is 0 Å². The molecule has 2 rings (SSSR count). The molecule has 10 nitrogen and oxygen atoms in total. The summed E-state index contributed by atoms with van der Waals surface area (Å²) in [6.45, 7) is 26.7. The quantitative estimate of drug-likeness (QED) is 0.173. The molecule has 10 heteroatoms. The third kappa shape index (κ3) is 10.0. The maximum Gasteiger partial charge on any atom is 0.312 e. The van der Waals surface area contributed by atoms with E-state index in [2.05, 4.69) is 0 Å². The van der Waals surface area contributed by atoms with Crippen LogP contribution in [-0.2, 0) is 50.3 Å². The van der Waals surface area contributed by atoms with Gasteiger partial charge in [-0.15, -0.1) is 0 Å². The van der Waals surface area contributed by atoms with E-state index in [0.29, 0.717) is 33.4 Å². The van der Waals surface area contributed by atoms with Gasteiger partial charge in [-0.3, -0.25) is 19.2 Å². The highest BCUT2D eigenvalue weighted by Gasteiger charge is 2.41. The highest BCUT2D eigenvalue weighted by Crippen LogP contribution is 2.46. The van der Waals surface area contributed by atoms with Gasteiger partial charge in [0.25, 0.3) is 0 Å². The second-order valence-electron chi connectivity index (χ2n) is 17.1. The summed E-state index contributed by atoms with van der Waals surface area (Å²) in [6.07, 6.45) is -0.777. The summed E-state index contributed by atoms with van der Waals surface area (Å²) in [5, 5.41) is 23.1. The Morgan fingerprint density at radius 1 is 0.600 bits per heavy atom. The standard InChI is InChI=1S/C40H60N2O8/c1-15-49-31(43)21-29(23-17-25(37(3,4)5)33(45)26(18-23)38(6,7)8)42(36(48)35(41)47)30(22-32(44)50-16-2)24-19-27(39(9,10)11)34(46)28(20-24)40(12,13)14/h17-20,29-30,45-46H,15-16,21-22H2,1-14H3,(H2,41,47). The van der Waals surface area contributed by atoms with E-state index in [-0.39, 0.29) is 37.6 Å². The number of phenolic OH excluding ortho intramolecular Hbond substituents is 2. The summed E-state index contributed by atoms with van der Waals surface area (Å²) < 4.78 is 10.8. The molecule has 0 aliphatic rings. The molecule has 0 aliphatic carbocycles. The number of hydrogen-bond donors (Lipinski definition) is 3. The SMILES string of the molecule is CCOC(=O)CC(c1cc(C(C)(C)C)c(O)c(C(C)(C)C)c1)N(C(=O)C(N)=O)C(CC(=O)OCC)c1cc(C(C)(C)C)c(O)c(C(C)(C)C)c1. The van der Waals surface area contributed by atoms with E-state index in [1.807, 2.05) is 83.1 Å². The maximum atomic E-state index is 14.3. The first-order chi connectivity index (χ1) is 22.7.